The van der Waals surface area contributed by atoms with Crippen LogP contribution < -0.4 is 5.32 Å². The summed E-state index contributed by atoms with van der Waals surface area (Å²) in [5.74, 6) is 0.333. The molecular formula is C24H24FN5O. The number of halogens is 1. The monoisotopic (exact) mass is 417 g/mol. The van der Waals surface area contributed by atoms with Gasteiger partial charge in [0.05, 0.1) is 23.3 Å². The van der Waals surface area contributed by atoms with Gasteiger partial charge in [-0.05, 0) is 69.0 Å². The first-order chi connectivity index (χ1) is 15.2. The number of imidazole rings is 1. The number of para-hydroxylation sites is 2. The number of hydrogen-bond donors (Lipinski definition) is 1. The molecular weight excluding hydrogens is 393 g/mol. The Kier molecular flexibility index (Phi) is 5.02. The third-order valence-electron chi connectivity index (χ3n) is 5.92. The molecule has 1 N–H and O–H groups in total. The van der Waals surface area contributed by atoms with Crippen LogP contribution in [0.5, 0.6) is 0 Å². The maximum absolute atomic E-state index is 13.4. The Bertz CT molecular complexity index is 1260. The molecule has 1 amide bonds. The van der Waals surface area contributed by atoms with Gasteiger partial charge in [-0.15, -0.1) is 0 Å². The van der Waals surface area contributed by atoms with Crippen molar-refractivity contribution >= 4 is 16.9 Å². The summed E-state index contributed by atoms with van der Waals surface area (Å²) in [5, 5.41) is 7.66. The van der Waals surface area contributed by atoms with E-state index in [-0.39, 0.29) is 11.7 Å². The van der Waals surface area contributed by atoms with Crippen LogP contribution in [0.15, 0.2) is 48.5 Å². The molecule has 0 saturated heterocycles. The summed E-state index contributed by atoms with van der Waals surface area (Å²) in [5.41, 5.74) is 5.25. The molecule has 0 spiro atoms. The lowest BCUT2D eigenvalue weighted by molar-refractivity contribution is 0.0943. The first-order valence-electron chi connectivity index (χ1n) is 10.7. The lowest BCUT2D eigenvalue weighted by atomic mass is 9.95. The number of amides is 1. The average Bonchev–Trinajstić information content (AvgIpc) is 3.36. The lowest BCUT2D eigenvalue weighted by Crippen LogP contribution is -2.26. The quantitative estimate of drug-likeness (QED) is 0.530. The highest BCUT2D eigenvalue weighted by Gasteiger charge is 2.25. The van der Waals surface area contributed by atoms with Crippen molar-refractivity contribution in [1.82, 2.24) is 24.6 Å². The SMILES string of the molecule is CCn1c(CNC(=O)c2nn(-c3ccc(F)cc3)c3c2CCCC3)nc2ccccc21. The molecule has 0 bridgehead atoms. The van der Waals surface area contributed by atoms with Crippen LogP contribution in [0, 0.1) is 5.82 Å². The molecule has 2 aromatic heterocycles. The molecule has 7 heteroatoms. The van der Waals surface area contributed by atoms with Gasteiger partial charge in [-0.3, -0.25) is 4.79 Å². The van der Waals surface area contributed by atoms with E-state index in [1.807, 2.05) is 24.3 Å². The Labute approximate surface area is 179 Å². The zero-order valence-corrected chi connectivity index (χ0v) is 17.4. The number of hydrogen-bond acceptors (Lipinski definition) is 3. The van der Waals surface area contributed by atoms with Gasteiger partial charge in [0, 0.05) is 17.8 Å². The Balaban J connectivity index is 1.44. The van der Waals surface area contributed by atoms with Crippen molar-refractivity contribution < 1.29 is 9.18 Å². The van der Waals surface area contributed by atoms with Crippen molar-refractivity contribution in [3.63, 3.8) is 0 Å². The van der Waals surface area contributed by atoms with Gasteiger partial charge in [0.25, 0.3) is 5.91 Å². The fraction of sp³-hybridized carbons (Fsp3) is 0.292. The molecule has 4 aromatic rings. The van der Waals surface area contributed by atoms with Gasteiger partial charge in [0.1, 0.15) is 11.6 Å². The molecule has 0 saturated carbocycles. The van der Waals surface area contributed by atoms with Crippen molar-refractivity contribution in [2.75, 3.05) is 0 Å². The molecule has 5 rings (SSSR count). The predicted octanol–water partition coefficient (Wildman–Crippen LogP) is 4.19. The molecule has 2 heterocycles. The van der Waals surface area contributed by atoms with E-state index in [0.29, 0.717) is 12.2 Å². The second-order valence-electron chi connectivity index (χ2n) is 7.81. The van der Waals surface area contributed by atoms with Crippen LogP contribution in [0.3, 0.4) is 0 Å². The van der Waals surface area contributed by atoms with Crippen molar-refractivity contribution in [2.24, 2.45) is 0 Å². The van der Waals surface area contributed by atoms with Gasteiger partial charge in [-0.25, -0.2) is 14.1 Å². The van der Waals surface area contributed by atoms with Crippen LogP contribution in [-0.4, -0.2) is 25.2 Å². The minimum absolute atomic E-state index is 0.200. The second-order valence-corrected chi connectivity index (χ2v) is 7.81. The zero-order chi connectivity index (χ0) is 21.4. The van der Waals surface area contributed by atoms with E-state index in [0.717, 1.165) is 66.0 Å². The number of carbonyl (C=O) groups is 1. The van der Waals surface area contributed by atoms with Crippen LogP contribution in [0.2, 0.25) is 0 Å². The standard InChI is InChI=1S/C24H24FN5O/c1-2-29-21-10-6-4-8-19(21)27-22(29)15-26-24(31)23-18-7-3-5-9-20(18)30(28-23)17-13-11-16(25)12-14-17/h4,6,8,10-14H,2-3,5,7,9,15H2,1H3,(H,26,31). The lowest BCUT2D eigenvalue weighted by Gasteiger charge is -2.14. The molecule has 1 aliphatic rings. The largest absolute Gasteiger partial charge is 0.343 e. The molecule has 31 heavy (non-hydrogen) atoms. The number of nitrogens with zero attached hydrogens (tertiary/aromatic N) is 4. The molecule has 0 unspecified atom stereocenters. The summed E-state index contributed by atoms with van der Waals surface area (Å²) in [6.45, 7) is 3.18. The molecule has 0 atom stereocenters. The van der Waals surface area contributed by atoms with Crippen molar-refractivity contribution in [1.29, 1.82) is 0 Å². The highest BCUT2D eigenvalue weighted by molar-refractivity contribution is 5.94. The Hall–Kier alpha value is -3.48. The fourth-order valence-corrected chi connectivity index (χ4v) is 4.43. The number of carbonyl (C=O) groups excluding carboxylic acids is 1. The van der Waals surface area contributed by atoms with E-state index in [4.69, 9.17) is 0 Å². The third-order valence-corrected chi connectivity index (χ3v) is 5.92. The predicted molar refractivity (Wildman–Crippen MR) is 117 cm³/mol. The smallest absolute Gasteiger partial charge is 0.272 e. The maximum atomic E-state index is 13.4. The molecule has 0 aliphatic heterocycles. The van der Waals surface area contributed by atoms with Crippen LogP contribution in [0.4, 0.5) is 4.39 Å². The Morgan fingerprint density at radius 3 is 2.68 bits per heavy atom. The number of aryl methyl sites for hydroxylation is 1. The van der Waals surface area contributed by atoms with E-state index < -0.39 is 0 Å². The van der Waals surface area contributed by atoms with Crippen molar-refractivity contribution in [3.05, 3.63) is 77.1 Å². The summed E-state index contributed by atoms with van der Waals surface area (Å²) in [4.78, 5) is 17.8. The normalized spacial score (nSPS) is 13.4. The highest BCUT2D eigenvalue weighted by atomic mass is 19.1. The number of rotatable bonds is 5. The van der Waals surface area contributed by atoms with Crippen LogP contribution in [0.1, 0.15) is 47.3 Å². The molecule has 0 fully saturated rings. The first kappa shape index (κ1) is 19.5. The highest BCUT2D eigenvalue weighted by Crippen LogP contribution is 2.27. The average molecular weight is 417 g/mol. The number of nitrogens with one attached hydrogen (secondary N) is 1. The van der Waals surface area contributed by atoms with Gasteiger partial charge in [-0.2, -0.15) is 5.10 Å². The maximum Gasteiger partial charge on any atom is 0.272 e. The zero-order valence-electron chi connectivity index (χ0n) is 17.4. The number of aromatic nitrogens is 4. The van der Waals surface area contributed by atoms with E-state index in [1.54, 1.807) is 16.8 Å². The summed E-state index contributed by atoms with van der Waals surface area (Å²) in [6.07, 6.45) is 3.78. The fourth-order valence-electron chi connectivity index (χ4n) is 4.43. The van der Waals surface area contributed by atoms with Gasteiger partial charge >= 0.3 is 0 Å². The molecule has 158 valence electrons. The van der Waals surface area contributed by atoms with Gasteiger partial charge in [-0.1, -0.05) is 12.1 Å². The van der Waals surface area contributed by atoms with Crippen molar-refractivity contribution in [3.8, 4) is 5.69 Å². The number of benzene rings is 2. The van der Waals surface area contributed by atoms with Crippen LogP contribution in [-0.2, 0) is 25.9 Å². The summed E-state index contributed by atoms with van der Waals surface area (Å²) >= 11 is 0. The van der Waals surface area contributed by atoms with E-state index in [1.165, 1.54) is 12.1 Å². The van der Waals surface area contributed by atoms with E-state index >= 15 is 0 Å². The van der Waals surface area contributed by atoms with Gasteiger partial charge in [0.2, 0.25) is 0 Å². The van der Waals surface area contributed by atoms with Crippen LogP contribution in [0.25, 0.3) is 16.7 Å². The summed E-state index contributed by atoms with van der Waals surface area (Å²) < 4.78 is 17.3. The molecule has 1 aliphatic carbocycles. The molecule has 6 nitrogen and oxygen atoms in total. The van der Waals surface area contributed by atoms with E-state index in [2.05, 4.69) is 26.9 Å². The summed E-state index contributed by atoms with van der Waals surface area (Å²) in [7, 11) is 0. The Morgan fingerprint density at radius 2 is 1.87 bits per heavy atom. The Morgan fingerprint density at radius 1 is 1.10 bits per heavy atom. The second kappa shape index (κ2) is 7.98. The van der Waals surface area contributed by atoms with Gasteiger partial charge < -0.3 is 9.88 Å². The minimum atomic E-state index is -0.290. The molecule has 2 aromatic carbocycles. The first-order valence-corrected chi connectivity index (χ1v) is 10.7. The van der Waals surface area contributed by atoms with Crippen molar-refractivity contribution in [2.45, 2.75) is 45.7 Å². The topological polar surface area (TPSA) is 64.7 Å². The molecule has 0 radical (unpaired) electrons. The van der Waals surface area contributed by atoms with E-state index in [9.17, 15) is 9.18 Å². The summed E-state index contributed by atoms with van der Waals surface area (Å²) in [6, 6.07) is 14.2. The van der Waals surface area contributed by atoms with Crippen LogP contribution >= 0.6 is 0 Å². The number of fused-ring (bicyclic) bond motifs is 2. The third kappa shape index (κ3) is 3.50. The van der Waals surface area contributed by atoms with Gasteiger partial charge in [0.15, 0.2) is 5.69 Å². The minimum Gasteiger partial charge on any atom is -0.343 e.